The molecule has 1 aromatic carbocycles. The highest BCUT2D eigenvalue weighted by Gasteiger charge is 2.28. The topological polar surface area (TPSA) is 93.1 Å². The molecule has 186 valence electrons. The van der Waals surface area contributed by atoms with Crippen molar-refractivity contribution < 1.29 is 19.3 Å². The molecule has 9 nitrogen and oxygen atoms in total. The second kappa shape index (κ2) is 9.93. The lowest BCUT2D eigenvalue weighted by Gasteiger charge is -2.37. The molecular formula is C26H33N5O4. The van der Waals surface area contributed by atoms with E-state index in [1.165, 1.54) is 0 Å². The van der Waals surface area contributed by atoms with Gasteiger partial charge in [-0.3, -0.25) is 0 Å². The minimum Gasteiger partial charge on any atom is -0.496 e. The molecule has 2 aromatic heterocycles. The average molecular weight is 480 g/mol. The number of rotatable bonds is 5. The third-order valence-electron chi connectivity index (χ3n) is 6.62. The molecule has 35 heavy (non-hydrogen) atoms. The molecule has 0 aliphatic carbocycles. The van der Waals surface area contributed by atoms with Gasteiger partial charge in [0, 0.05) is 30.8 Å². The van der Waals surface area contributed by atoms with Crippen molar-refractivity contribution in [3.05, 3.63) is 35.9 Å². The zero-order chi connectivity index (χ0) is 24.5. The van der Waals surface area contributed by atoms with Gasteiger partial charge in [-0.25, -0.2) is 4.98 Å². The summed E-state index contributed by atoms with van der Waals surface area (Å²) in [5.74, 6) is 2.21. The zero-order valence-corrected chi connectivity index (χ0v) is 20.8. The number of aliphatic hydroxyl groups is 1. The number of morpholine rings is 2. The van der Waals surface area contributed by atoms with Crippen molar-refractivity contribution in [2.45, 2.75) is 45.6 Å². The van der Waals surface area contributed by atoms with Crippen molar-refractivity contribution in [3.8, 4) is 17.0 Å². The van der Waals surface area contributed by atoms with Gasteiger partial charge in [0.1, 0.15) is 11.6 Å². The summed E-state index contributed by atoms with van der Waals surface area (Å²) in [6.45, 7) is 9.75. The first-order chi connectivity index (χ1) is 17.0. The maximum absolute atomic E-state index is 9.77. The molecule has 2 fully saturated rings. The SMILES string of the molecule is COc1ccc(-c2ccc3c(N4CCOC[C@@H]4C)nc(N4C[C@@H](C)O[C@@H](C)C4)nc3n2)cc1CO. The third kappa shape index (κ3) is 4.76. The van der Waals surface area contributed by atoms with Crippen LogP contribution in [0.25, 0.3) is 22.3 Å². The molecule has 2 aliphatic heterocycles. The van der Waals surface area contributed by atoms with Crippen LogP contribution in [0.3, 0.4) is 0 Å². The van der Waals surface area contributed by atoms with E-state index in [0.717, 1.165) is 47.7 Å². The number of pyridine rings is 1. The molecule has 0 bridgehead atoms. The van der Waals surface area contributed by atoms with Crippen LogP contribution in [-0.4, -0.2) is 78.3 Å². The summed E-state index contributed by atoms with van der Waals surface area (Å²) in [6, 6.07) is 9.95. The number of ether oxygens (including phenoxy) is 3. The largest absolute Gasteiger partial charge is 0.496 e. The summed E-state index contributed by atoms with van der Waals surface area (Å²) in [5, 5.41) is 10.7. The molecule has 0 radical (unpaired) electrons. The van der Waals surface area contributed by atoms with E-state index in [-0.39, 0.29) is 24.9 Å². The van der Waals surface area contributed by atoms with Gasteiger partial charge in [0.2, 0.25) is 5.95 Å². The summed E-state index contributed by atoms with van der Waals surface area (Å²) in [4.78, 5) is 19.4. The Kier molecular flexibility index (Phi) is 6.73. The highest BCUT2D eigenvalue weighted by molar-refractivity contribution is 5.90. The van der Waals surface area contributed by atoms with Crippen LogP contribution in [0.1, 0.15) is 26.3 Å². The van der Waals surface area contributed by atoms with E-state index in [0.29, 0.717) is 30.6 Å². The molecule has 5 rings (SSSR count). The molecule has 3 atom stereocenters. The smallest absolute Gasteiger partial charge is 0.229 e. The number of hydrogen-bond acceptors (Lipinski definition) is 9. The quantitative estimate of drug-likeness (QED) is 0.593. The zero-order valence-electron chi connectivity index (χ0n) is 20.8. The van der Waals surface area contributed by atoms with Crippen molar-refractivity contribution in [2.75, 3.05) is 49.8 Å². The number of aliphatic hydroxyl groups excluding tert-OH is 1. The van der Waals surface area contributed by atoms with Crippen molar-refractivity contribution in [1.82, 2.24) is 15.0 Å². The predicted molar refractivity (Wildman–Crippen MR) is 135 cm³/mol. The number of aromatic nitrogens is 3. The molecule has 0 spiro atoms. The van der Waals surface area contributed by atoms with Gasteiger partial charge in [-0.2, -0.15) is 9.97 Å². The van der Waals surface area contributed by atoms with Crippen LogP contribution in [0, 0.1) is 0 Å². The van der Waals surface area contributed by atoms with Crippen LogP contribution < -0.4 is 14.5 Å². The fourth-order valence-electron chi connectivity index (χ4n) is 4.95. The average Bonchev–Trinajstić information content (AvgIpc) is 2.87. The van der Waals surface area contributed by atoms with Crippen LogP contribution >= 0.6 is 0 Å². The van der Waals surface area contributed by atoms with Gasteiger partial charge < -0.3 is 29.1 Å². The number of nitrogens with zero attached hydrogens (tertiary/aromatic N) is 5. The van der Waals surface area contributed by atoms with E-state index >= 15 is 0 Å². The van der Waals surface area contributed by atoms with E-state index < -0.39 is 0 Å². The van der Waals surface area contributed by atoms with E-state index in [1.807, 2.05) is 30.3 Å². The fourth-order valence-corrected chi connectivity index (χ4v) is 4.95. The van der Waals surface area contributed by atoms with Crippen LogP contribution in [0.2, 0.25) is 0 Å². The van der Waals surface area contributed by atoms with Crippen LogP contribution in [0.5, 0.6) is 5.75 Å². The predicted octanol–water partition coefficient (Wildman–Crippen LogP) is 3.03. The Morgan fingerprint density at radius 1 is 1.06 bits per heavy atom. The maximum Gasteiger partial charge on any atom is 0.229 e. The molecule has 0 unspecified atom stereocenters. The highest BCUT2D eigenvalue weighted by Crippen LogP contribution is 2.32. The summed E-state index contributed by atoms with van der Waals surface area (Å²) in [6.07, 6.45) is 0.193. The van der Waals surface area contributed by atoms with Gasteiger partial charge >= 0.3 is 0 Å². The summed E-state index contributed by atoms with van der Waals surface area (Å²) < 4.78 is 17.0. The van der Waals surface area contributed by atoms with Crippen molar-refractivity contribution >= 4 is 22.8 Å². The second-order valence-electron chi connectivity index (χ2n) is 9.38. The number of benzene rings is 1. The lowest BCUT2D eigenvalue weighted by Crippen LogP contribution is -2.47. The monoisotopic (exact) mass is 479 g/mol. The Morgan fingerprint density at radius 3 is 2.57 bits per heavy atom. The second-order valence-corrected chi connectivity index (χ2v) is 9.38. The minimum atomic E-state index is -0.108. The van der Waals surface area contributed by atoms with Crippen LogP contribution in [0.4, 0.5) is 11.8 Å². The number of anilines is 2. The molecule has 0 saturated carbocycles. The van der Waals surface area contributed by atoms with Gasteiger partial charge in [-0.15, -0.1) is 0 Å². The van der Waals surface area contributed by atoms with Crippen LogP contribution in [0.15, 0.2) is 30.3 Å². The number of fused-ring (bicyclic) bond motifs is 1. The Labute approximate surface area is 205 Å². The van der Waals surface area contributed by atoms with Gasteiger partial charge in [0.05, 0.1) is 56.3 Å². The maximum atomic E-state index is 9.77. The first-order valence-electron chi connectivity index (χ1n) is 12.2. The van der Waals surface area contributed by atoms with E-state index in [9.17, 15) is 5.11 Å². The molecule has 9 heteroatoms. The summed E-state index contributed by atoms with van der Waals surface area (Å²) >= 11 is 0. The molecule has 0 amide bonds. The molecule has 2 saturated heterocycles. The fraction of sp³-hybridized carbons (Fsp3) is 0.500. The third-order valence-corrected chi connectivity index (χ3v) is 6.62. The van der Waals surface area contributed by atoms with E-state index in [2.05, 4.69) is 30.6 Å². The lowest BCUT2D eigenvalue weighted by molar-refractivity contribution is -0.00570. The Morgan fingerprint density at radius 2 is 1.86 bits per heavy atom. The Bertz CT molecular complexity index is 1200. The molecule has 1 N–H and O–H groups in total. The minimum absolute atomic E-state index is 0.0966. The first kappa shape index (κ1) is 23.7. The molecule has 3 aromatic rings. The number of hydrogen-bond donors (Lipinski definition) is 1. The molecule has 4 heterocycles. The van der Waals surface area contributed by atoms with Crippen molar-refractivity contribution in [2.24, 2.45) is 0 Å². The normalized spacial score (nSPS) is 23.1. The molecule has 2 aliphatic rings. The Balaban J connectivity index is 1.63. The van der Waals surface area contributed by atoms with E-state index in [4.69, 9.17) is 29.2 Å². The summed E-state index contributed by atoms with van der Waals surface area (Å²) in [5.41, 5.74) is 3.04. The molecular weight excluding hydrogens is 446 g/mol. The van der Waals surface area contributed by atoms with Gasteiger partial charge in [0.15, 0.2) is 5.65 Å². The van der Waals surface area contributed by atoms with Gasteiger partial charge in [-0.1, -0.05) is 0 Å². The first-order valence-corrected chi connectivity index (χ1v) is 12.2. The van der Waals surface area contributed by atoms with Crippen molar-refractivity contribution in [1.29, 1.82) is 0 Å². The summed E-state index contributed by atoms with van der Waals surface area (Å²) in [7, 11) is 1.60. The van der Waals surface area contributed by atoms with Crippen molar-refractivity contribution in [3.63, 3.8) is 0 Å². The van der Waals surface area contributed by atoms with Gasteiger partial charge in [-0.05, 0) is 51.1 Å². The lowest BCUT2D eigenvalue weighted by atomic mass is 10.1. The standard InChI is InChI=1S/C26H33N5O4/c1-16-15-34-10-9-31(16)25-21-6-7-22(19-5-8-23(33-4)20(11-19)14-32)27-24(21)28-26(29-25)30-12-17(2)35-18(3)13-30/h5-8,11,16-18,32H,9-10,12-15H2,1-4H3/t16-,17-,18+/m0/s1. The highest BCUT2D eigenvalue weighted by atomic mass is 16.5. The van der Waals surface area contributed by atoms with Gasteiger partial charge in [0.25, 0.3) is 0 Å². The number of methoxy groups -OCH3 is 1. The Hall–Kier alpha value is -3.01. The van der Waals surface area contributed by atoms with Crippen LogP contribution in [-0.2, 0) is 16.1 Å². The van der Waals surface area contributed by atoms with E-state index in [1.54, 1.807) is 7.11 Å².